The molecule has 4 nitrogen and oxygen atoms in total. The lowest BCUT2D eigenvalue weighted by Crippen LogP contribution is -2.19. The summed E-state index contributed by atoms with van der Waals surface area (Å²) in [5, 5.41) is 12.2. The number of rotatable bonds is 5. The van der Waals surface area contributed by atoms with Crippen molar-refractivity contribution in [2.45, 2.75) is 51.9 Å². The molecule has 0 fully saturated rings. The Bertz CT molecular complexity index is 552. The van der Waals surface area contributed by atoms with Crippen LogP contribution in [0, 0.1) is 6.92 Å². The summed E-state index contributed by atoms with van der Waals surface area (Å²) < 4.78 is 1.87. The van der Waals surface area contributed by atoms with E-state index in [1.54, 1.807) is 0 Å². The lowest BCUT2D eigenvalue weighted by Gasteiger charge is -2.18. The highest BCUT2D eigenvalue weighted by molar-refractivity contribution is 5.41. The maximum atomic E-state index is 4.19. The molecule has 0 aliphatic heterocycles. The molecule has 2 rings (SSSR count). The van der Waals surface area contributed by atoms with Gasteiger partial charge in [-0.25, -0.2) is 0 Å². The van der Waals surface area contributed by atoms with Gasteiger partial charge in [0.15, 0.2) is 5.82 Å². The van der Waals surface area contributed by atoms with Gasteiger partial charge >= 0.3 is 0 Å². The Morgan fingerprint density at radius 1 is 1.15 bits per heavy atom. The lowest BCUT2D eigenvalue weighted by atomic mass is 9.95. The third-order valence-corrected chi connectivity index (χ3v) is 3.31. The molecular formula is C16H23N4. The van der Waals surface area contributed by atoms with Crippen LogP contribution in [-0.4, -0.2) is 20.2 Å². The van der Waals surface area contributed by atoms with Gasteiger partial charge in [-0.2, -0.15) is 4.68 Å². The molecule has 2 aromatic rings. The zero-order valence-corrected chi connectivity index (χ0v) is 12.6. The highest BCUT2D eigenvalue weighted by atomic mass is 15.5. The first-order chi connectivity index (χ1) is 9.54. The molecule has 0 spiro atoms. The molecule has 0 unspecified atom stereocenters. The Labute approximate surface area is 121 Å². The first-order valence-electron chi connectivity index (χ1n) is 7.20. The van der Waals surface area contributed by atoms with Gasteiger partial charge in [0.2, 0.25) is 0 Å². The molecule has 1 aromatic carbocycles. The van der Waals surface area contributed by atoms with E-state index >= 15 is 0 Å². The number of aryl methyl sites for hydroxylation is 1. The van der Waals surface area contributed by atoms with Gasteiger partial charge in [-0.1, -0.05) is 58.7 Å². The summed E-state index contributed by atoms with van der Waals surface area (Å²) in [5.41, 5.74) is 2.30. The zero-order valence-electron chi connectivity index (χ0n) is 12.6. The normalized spacial score (nSPS) is 11.8. The predicted octanol–water partition coefficient (Wildman–Crippen LogP) is 3.51. The second-order valence-corrected chi connectivity index (χ2v) is 6.10. The van der Waals surface area contributed by atoms with E-state index in [4.69, 9.17) is 0 Å². The van der Waals surface area contributed by atoms with Crippen molar-refractivity contribution in [2.75, 3.05) is 0 Å². The monoisotopic (exact) mass is 271 g/mol. The summed E-state index contributed by atoms with van der Waals surface area (Å²) in [4.78, 5) is 0. The molecule has 107 valence electrons. The van der Waals surface area contributed by atoms with E-state index in [9.17, 15) is 0 Å². The minimum absolute atomic E-state index is 0.0794. The van der Waals surface area contributed by atoms with Crippen LogP contribution in [0.2, 0.25) is 0 Å². The smallest absolute Gasteiger partial charge is 0.162 e. The van der Waals surface area contributed by atoms with Gasteiger partial charge in [-0.15, -0.1) is 5.10 Å². The van der Waals surface area contributed by atoms with Crippen LogP contribution < -0.4 is 0 Å². The van der Waals surface area contributed by atoms with Crippen molar-refractivity contribution in [3.05, 3.63) is 42.6 Å². The highest BCUT2D eigenvalue weighted by Crippen LogP contribution is 2.24. The molecule has 4 heteroatoms. The molecule has 0 N–H and O–H groups in total. The van der Waals surface area contributed by atoms with Crippen LogP contribution in [0.4, 0.5) is 0 Å². The average Bonchev–Trinajstić information content (AvgIpc) is 2.89. The number of hydrogen-bond donors (Lipinski definition) is 0. The number of unbranched alkanes of at least 4 members (excludes halogenated alkanes) is 2. The molecule has 0 amide bonds. The van der Waals surface area contributed by atoms with Crippen molar-refractivity contribution in [2.24, 2.45) is 0 Å². The van der Waals surface area contributed by atoms with Gasteiger partial charge in [0.1, 0.15) is 0 Å². The first kappa shape index (κ1) is 14.7. The van der Waals surface area contributed by atoms with Gasteiger partial charge in [0.25, 0.3) is 0 Å². The number of tetrazole rings is 1. The highest BCUT2D eigenvalue weighted by Gasteiger charge is 2.23. The third-order valence-electron chi connectivity index (χ3n) is 3.31. The van der Waals surface area contributed by atoms with Crippen LogP contribution in [0.5, 0.6) is 0 Å². The summed E-state index contributed by atoms with van der Waals surface area (Å²) in [7, 11) is 0. The second kappa shape index (κ2) is 6.16. The van der Waals surface area contributed by atoms with E-state index in [0.29, 0.717) is 0 Å². The van der Waals surface area contributed by atoms with Gasteiger partial charge in [0, 0.05) is 5.41 Å². The Balaban J connectivity index is 2.36. The van der Waals surface area contributed by atoms with Crippen molar-refractivity contribution in [1.82, 2.24) is 20.2 Å². The van der Waals surface area contributed by atoms with Crippen LogP contribution in [0.15, 0.2) is 24.3 Å². The Kier molecular flexibility index (Phi) is 4.53. The summed E-state index contributed by atoms with van der Waals surface area (Å²) >= 11 is 0. The van der Waals surface area contributed by atoms with E-state index in [0.717, 1.165) is 37.2 Å². The first-order valence-corrected chi connectivity index (χ1v) is 7.20. The van der Waals surface area contributed by atoms with E-state index < -0.39 is 0 Å². The van der Waals surface area contributed by atoms with Crippen LogP contribution in [0.1, 0.15) is 51.4 Å². The van der Waals surface area contributed by atoms with Crippen LogP contribution >= 0.6 is 0 Å². The minimum atomic E-state index is -0.0794. The number of aromatic nitrogens is 4. The van der Waals surface area contributed by atoms with E-state index in [1.165, 1.54) is 5.56 Å². The fraction of sp³-hybridized carbons (Fsp3) is 0.500. The van der Waals surface area contributed by atoms with E-state index in [-0.39, 0.29) is 5.41 Å². The predicted molar refractivity (Wildman–Crippen MR) is 80.8 cm³/mol. The number of nitrogens with zero attached hydrogens (tertiary/aromatic N) is 4. The number of hydrogen-bond acceptors (Lipinski definition) is 3. The maximum Gasteiger partial charge on any atom is 0.162 e. The van der Waals surface area contributed by atoms with Gasteiger partial charge in [-0.05, 0) is 34.9 Å². The van der Waals surface area contributed by atoms with Crippen molar-refractivity contribution in [3.8, 4) is 5.69 Å². The molecule has 0 aliphatic rings. The lowest BCUT2D eigenvalue weighted by molar-refractivity contribution is 0.525. The summed E-state index contributed by atoms with van der Waals surface area (Å²) in [6.45, 7) is 10.3. The number of benzene rings is 1. The average molecular weight is 271 g/mol. The summed E-state index contributed by atoms with van der Waals surface area (Å²) in [6, 6.07) is 8.36. The van der Waals surface area contributed by atoms with Crippen molar-refractivity contribution in [3.63, 3.8) is 0 Å². The molecule has 0 saturated carbocycles. The molecule has 0 atom stereocenters. The largest absolute Gasteiger partial charge is 0.197 e. The third kappa shape index (κ3) is 3.24. The van der Waals surface area contributed by atoms with Gasteiger partial charge in [-0.3, -0.25) is 0 Å². The van der Waals surface area contributed by atoms with Crippen molar-refractivity contribution < 1.29 is 0 Å². The topological polar surface area (TPSA) is 43.6 Å². The summed E-state index contributed by atoms with van der Waals surface area (Å²) in [5.74, 6) is 0.891. The molecule has 1 aromatic heterocycles. The molecule has 20 heavy (non-hydrogen) atoms. The second-order valence-electron chi connectivity index (χ2n) is 6.10. The SMILES string of the molecule is [CH2]CCCCc1ccccc1-n1nnnc1C(C)(C)C. The Morgan fingerprint density at radius 2 is 1.90 bits per heavy atom. The maximum absolute atomic E-state index is 4.19. The van der Waals surface area contributed by atoms with Gasteiger partial charge < -0.3 is 0 Å². The Hall–Kier alpha value is -1.71. The van der Waals surface area contributed by atoms with Crippen LogP contribution in [0.25, 0.3) is 5.69 Å². The van der Waals surface area contributed by atoms with Crippen LogP contribution in [0.3, 0.4) is 0 Å². The minimum Gasteiger partial charge on any atom is -0.197 e. The van der Waals surface area contributed by atoms with Gasteiger partial charge in [0.05, 0.1) is 5.69 Å². The number of para-hydroxylation sites is 1. The molecule has 1 radical (unpaired) electrons. The van der Waals surface area contributed by atoms with E-state index in [1.807, 2.05) is 10.7 Å². The molecule has 0 aliphatic carbocycles. The molecule has 1 heterocycles. The quantitative estimate of drug-likeness (QED) is 0.782. The Morgan fingerprint density at radius 3 is 2.60 bits per heavy atom. The molecule has 0 bridgehead atoms. The van der Waals surface area contributed by atoms with E-state index in [2.05, 4.69) is 61.4 Å². The summed E-state index contributed by atoms with van der Waals surface area (Å²) in [6.07, 6.45) is 4.32. The van der Waals surface area contributed by atoms with Crippen molar-refractivity contribution >= 4 is 0 Å². The fourth-order valence-electron chi connectivity index (χ4n) is 2.24. The van der Waals surface area contributed by atoms with Crippen molar-refractivity contribution in [1.29, 1.82) is 0 Å². The fourth-order valence-corrected chi connectivity index (χ4v) is 2.24. The zero-order chi connectivity index (χ0) is 14.6. The molecule has 0 saturated heterocycles. The van der Waals surface area contributed by atoms with Crippen LogP contribution in [-0.2, 0) is 11.8 Å². The standard InChI is InChI=1S/C16H23N4/c1-5-6-7-10-13-11-8-9-12-14(13)20-15(16(2,3)4)17-18-19-20/h8-9,11-12H,1,5-7,10H2,2-4H3. The molecular weight excluding hydrogens is 248 g/mol.